The molecule has 0 aromatic heterocycles. The van der Waals surface area contributed by atoms with E-state index < -0.39 is 8.24 Å². The number of nitrogens with zero attached hydrogens (tertiary/aromatic N) is 3. The van der Waals surface area contributed by atoms with Crippen LogP contribution in [0.3, 0.4) is 0 Å². The summed E-state index contributed by atoms with van der Waals surface area (Å²) >= 11 is 0. The van der Waals surface area contributed by atoms with E-state index in [-0.39, 0.29) is 5.92 Å². The van der Waals surface area contributed by atoms with Crippen LogP contribution in [0.5, 0.6) is 0 Å². The Morgan fingerprint density at radius 1 is 1.20 bits per heavy atom. The number of hydrogen-bond acceptors (Lipinski definition) is 3. The van der Waals surface area contributed by atoms with Crippen LogP contribution in [-0.2, 0) is 0 Å². The Balaban J connectivity index is 2.34. The van der Waals surface area contributed by atoms with E-state index in [1.807, 2.05) is 6.92 Å². The van der Waals surface area contributed by atoms with Crippen molar-refractivity contribution in [1.82, 2.24) is 9.47 Å². The molecule has 0 radical (unpaired) electrons. The Bertz CT molecular complexity index is 233. The van der Waals surface area contributed by atoms with E-state index in [1.54, 1.807) is 0 Å². The first-order valence-electron chi connectivity index (χ1n) is 5.80. The van der Waals surface area contributed by atoms with Crippen LogP contribution in [0.15, 0.2) is 0 Å². The van der Waals surface area contributed by atoms with Gasteiger partial charge in [0.05, 0.1) is 12.0 Å². The van der Waals surface area contributed by atoms with Crippen molar-refractivity contribution in [3.63, 3.8) is 0 Å². The highest BCUT2D eigenvalue weighted by molar-refractivity contribution is 6.73. The van der Waals surface area contributed by atoms with Crippen molar-refractivity contribution >= 4 is 8.24 Å². The zero-order valence-corrected chi connectivity index (χ0v) is 11.5. The maximum absolute atomic E-state index is 8.77. The topological polar surface area (TPSA) is 30.3 Å². The van der Waals surface area contributed by atoms with Gasteiger partial charge in [-0.15, -0.1) is 0 Å². The lowest BCUT2D eigenvalue weighted by Gasteiger charge is -2.41. The Hall–Kier alpha value is -0.373. The average Bonchev–Trinajstić information content (AvgIpc) is 2.17. The maximum Gasteiger partial charge on any atom is 0.119 e. The van der Waals surface area contributed by atoms with Crippen LogP contribution in [-0.4, -0.2) is 50.4 Å². The quantitative estimate of drug-likeness (QED) is 0.684. The number of piperazine rings is 1. The molecule has 4 heteroatoms. The molecule has 1 aliphatic rings. The summed E-state index contributed by atoms with van der Waals surface area (Å²) in [6.45, 7) is 14.8. The molecule has 3 nitrogen and oxygen atoms in total. The minimum Gasteiger partial charge on any atom is -0.321 e. The third-order valence-corrected chi connectivity index (χ3v) is 5.42. The second-order valence-electron chi connectivity index (χ2n) is 5.49. The van der Waals surface area contributed by atoms with Gasteiger partial charge in [0.2, 0.25) is 0 Å². The predicted molar refractivity (Wildman–Crippen MR) is 66.1 cm³/mol. The fraction of sp³-hybridized carbons (Fsp3) is 0.909. The molecule has 0 bridgehead atoms. The predicted octanol–water partition coefficient (Wildman–Crippen LogP) is 1.60. The van der Waals surface area contributed by atoms with Gasteiger partial charge in [-0.25, -0.2) is 0 Å². The highest BCUT2D eigenvalue weighted by atomic mass is 28.3. The summed E-state index contributed by atoms with van der Waals surface area (Å²) in [4.78, 5) is 2.42. The second-order valence-corrected chi connectivity index (χ2v) is 10.5. The van der Waals surface area contributed by atoms with E-state index in [9.17, 15) is 0 Å². The SMILES string of the molecule is CC(C#N)CN1CCN([Si](C)(C)C)CC1. The third-order valence-electron chi connectivity index (χ3n) is 3.07. The van der Waals surface area contributed by atoms with Gasteiger partial charge < -0.3 is 4.57 Å². The van der Waals surface area contributed by atoms with Gasteiger partial charge in [-0.05, 0) is 6.92 Å². The van der Waals surface area contributed by atoms with Crippen LogP contribution in [0.2, 0.25) is 19.6 Å². The first kappa shape index (κ1) is 12.7. The summed E-state index contributed by atoms with van der Waals surface area (Å²) in [6.07, 6.45) is 0. The highest BCUT2D eigenvalue weighted by Gasteiger charge is 2.27. The minimum atomic E-state index is -1.09. The van der Waals surface area contributed by atoms with Crippen LogP contribution in [0.25, 0.3) is 0 Å². The first-order chi connectivity index (χ1) is 6.93. The molecule has 0 aromatic rings. The molecule has 1 fully saturated rings. The van der Waals surface area contributed by atoms with Crippen molar-refractivity contribution in [2.24, 2.45) is 5.92 Å². The molecular formula is C11H23N3Si. The second kappa shape index (κ2) is 5.11. The smallest absolute Gasteiger partial charge is 0.119 e. The van der Waals surface area contributed by atoms with E-state index in [1.165, 1.54) is 13.1 Å². The molecule has 1 unspecified atom stereocenters. The number of hydrogen-bond donors (Lipinski definition) is 0. The van der Waals surface area contributed by atoms with Crippen molar-refractivity contribution in [3.05, 3.63) is 0 Å². The van der Waals surface area contributed by atoms with Gasteiger partial charge in [-0.1, -0.05) is 19.6 Å². The molecular weight excluding hydrogens is 202 g/mol. The molecule has 0 N–H and O–H groups in total. The Morgan fingerprint density at radius 2 is 1.73 bits per heavy atom. The van der Waals surface area contributed by atoms with E-state index >= 15 is 0 Å². The summed E-state index contributed by atoms with van der Waals surface area (Å²) < 4.78 is 2.65. The molecule has 86 valence electrons. The van der Waals surface area contributed by atoms with Crippen molar-refractivity contribution in [1.29, 1.82) is 5.26 Å². The molecule has 0 saturated carbocycles. The molecule has 1 rings (SSSR count). The van der Waals surface area contributed by atoms with Crippen LogP contribution < -0.4 is 0 Å². The molecule has 1 saturated heterocycles. The summed E-state index contributed by atoms with van der Waals surface area (Å²) in [5, 5.41) is 8.77. The largest absolute Gasteiger partial charge is 0.321 e. The fourth-order valence-corrected chi connectivity index (χ4v) is 3.57. The molecule has 1 aliphatic heterocycles. The third kappa shape index (κ3) is 3.94. The lowest BCUT2D eigenvalue weighted by Crippen LogP contribution is -2.56. The Kier molecular flexibility index (Phi) is 4.32. The summed E-state index contributed by atoms with van der Waals surface area (Å²) in [5.41, 5.74) is 0. The van der Waals surface area contributed by atoms with Crippen LogP contribution in [0.4, 0.5) is 0 Å². The monoisotopic (exact) mass is 225 g/mol. The van der Waals surface area contributed by atoms with E-state index in [0.717, 1.165) is 19.6 Å². The first-order valence-corrected chi connectivity index (χ1v) is 9.25. The Morgan fingerprint density at radius 3 is 2.13 bits per heavy atom. The molecule has 0 aromatic carbocycles. The molecule has 0 spiro atoms. The Labute approximate surface area is 94.8 Å². The molecule has 1 atom stereocenters. The van der Waals surface area contributed by atoms with Crippen molar-refractivity contribution in [2.45, 2.75) is 26.6 Å². The number of nitriles is 1. The molecule has 15 heavy (non-hydrogen) atoms. The van der Waals surface area contributed by atoms with Gasteiger partial charge in [0.15, 0.2) is 0 Å². The maximum atomic E-state index is 8.77. The van der Waals surface area contributed by atoms with Gasteiger partial charge in [0.1, 0.15) is 8.24 Å². The number of rotatable bonds is 3. The summed E-state index contributed by atoms with van der Waals surface area (Å²) in [5.74, 6) is 0.170. The lowest BCUT2D eigenvalue weighted by atomic mass is 10.2. The van der Waals surface area contributed by atoms with Crippen molar-refractivity contribution in [2.75, 3.05) is 32.7 Å². The lowest BCUT2D eigenvalue weighted by molar-refractivity contribution is 0.174. The van der Waals surface area contributed by atoms with Crippen molar-refractivity contribution < 1.29 is 0 Å². The van der Waals surface area contributed by atoms with Gasteiger partial charge in [-0.2, -0.15) is 5.26 Å². The van der Waals surface area contributed by atoms with Gasteiger partial charge in [0.25, 0.3) is 0 Å². The van der Waals surface area contributed by atoms with E-state index in [2.05, 4.69) is 35.2 Å². The van der Waals surface area contributed by atoms with Gasteiger partial charge in [0, 0.05) is 32.7 Å². The standard InChI is InChI=1S/C11H23N3Si/c1-11(9-12)10-13-5-7-14(8-6-13)15(2,3)4/h11H,5-8,10H2,1-4H3. The summed E-state index contributed by atoms with van der Waals surface area (Å²) in [7, 11) is -1.09. The van der Waals surface area contributed by atoms with Gasteiger partial charge >= 0.3 is 0 Å². The van der Waals surface area contributed by atoms with Gasteiger partial charge in [-0.3, -0.25) is 4.90 Å². The highest BCUT2D eigenvalue weighted by Crippen LogP contribution is 2.13. The molecule has 0 amide bonds. The molecule has 0 aliphatic carbocycles. The normalized spacial score (nSPS) is 22.3. The van der Waals surface area contributed by atoms with Crippen molar-refractivity contribution in [3.8, 4) is 6.07 Å². The van der Waals surface area contributed by atoms with E-state index in [0.29, 0.717) is 0 Å². The van der Waals surface area contributed by atoms with Crippen LogP contribution >= 0.6 is 0 Å². The average molecular weight is 225 g/mol. The zero-order chi connectivity index (χ0) is 11.5. The fourth-order valence-electron chi connectivity index (χ4n) is 2.03. The van der Waals surface area contributed by atoms with E-state index in [4.69, 9.17) is 5.26 Å². The van der Waals surface area contributed by atoms with Crippen LogP contribution in [0.1, 0.15) is 6.92 Å². The summed E-state index contributed by atoms with van der Waals surface area (Å²) in [6, 6.07) is 2.31. The molecule has 1 heterocycles. The van der Waals surface area contributed by atoms with Crippen LogP contribution in [0, 0.1) is 17.2 Å². The minimum absolute atomic E-state index is 0.170. The zero-order valence-electron chi connectivity index (χ0n) is 10.5.